The Morgan fingerprint density at radius 1 is 1.35 bits per heavy atom. The van der Waals surface area contributed by atoms with E-state index in [0.29, 0.717) is 12.5 Å². The SMILES string of the molecule is CCN(CC)C(N)=NCCc1c(C)noc1C. The van der Waals surface area contributed by atoms with Gasteiger partial charge in [-0.25, -0.2) is 0 Å². The summed E-state index contributed by atoms with van der Waals surface area (Å²) in [7, 11) is 0. The maximum Gasteiger partial charge on any atom is 0.191 e. The third-order valence-electron chi connectivity index (χ3n) is 2.90. The molecule has 0 aliphatic rings. The smallest absolute Gasteiger partial charge is 0.191 e. The Labute approximate surface area is 103 Å². The van der Waals surface area contributed by atoms with Gasteiger partial charge in [0, 0.05) is 25.2 Å². The van der Waals surface area contributed by atoms with Gasteiger partial charge >= 0.3 is 0 Å². The molecule has 1 aromatic heterocycles. The molecule has 0 atom stereocenters. The van der Waals surface area contributed by atoms with Crippen LogP contribution in [0.25, 0.3) is 0 Å². The Balaban J connectivity index is 2.55. The molecule has 1 aromatic rings. The Kier molecular flexibility index (Phi) is 5.00. The fourth-order valence-electron chi connectivity index (χ4n) is 1.79. The lowest BCUT2D eigenvalue weighted by Crippen LogP contribution is -2.37. The first-order chi connectivity index (χ1) is 8.10. The van der Waals surface area contributed by atoms with Gasteiger partial charge < -0.3 is 15.2 Å². The van der Waals surface area contributed by atoms with E-state index in [1.165, 1.54) is 0 Å². The first kappa shape index (κ1) is 13.5. The number of hydrogen-bond acceptors (Lipinski definition) is 3. The maximum atomic E-state index is 5.89. The molecule has 1 heterocycles. The molecule has 17 heavy (non-hydrogen) atoms. The summed E-state index contributed by atoms with van der Waals surface area (Å²) in [4.78, 5) is 6.41. The van der Waals surface area contributed by atoms with Crippen LogP contribution in [0.4, 0.5) is 0 Å². The largest absolute Gasteiger partial charge is 0.370 e. The normalized spacial score (nSPS) is 11.9. The van der Waals surface area contributed by atoms with Crippen molar-refractivity contribution in [2.45, 2.75) is 34.1 Å². The molecule has 1 rings (SSSR count). The number of rotatable bonds is 5. The van der Waals surface area contributed by atoms with Crippen molar-refractivity contribution in [1.82, 2.24) is 10.1 Å². The lowest BCUT2D eigenvalue weighted by Gasteiger charge is -2.19. The third kappa shape index (κ3) is 3.47. The average molecular weight is 238 g/mol. The number of guanidine groups is 1. The molecular formula is C12H22N4O. The summed E-state index contributed by atoms with van der Waals surface area (Å²) >= 11 is 0. The molecule has 0 fully saturated rings. The number of nitrogens with zero attached hydrogens (tertiary/aromatic N) is 3. The predicted molar refractivity (Wildman–Crippen MR) is 69.1 cm³/mol. The fraction of sp³-hybridized carbons (Fsp3) is 0.667. The summed E-state index contributed by atoms with van der Waals surface area (Å²) in [5.41, 5.74) is 7.97. The van der Waals surface area contributed by atoms with Gasteiger partial charge in [0.2, 0.25) is 0 Å². The Morgan fingerprint density at radius 2 is 2.00 bits per heavy atom. The minimum Gasteiger partial charge on any atom is -0.370 e. The highest BCUT2D eigenvalue weighted by Crippen LogP contribution is 2.12. The molecule has 0 amide bonds. The molecule has 5 nitrogen and oxygen atoms in total. The van der Waals surface area contributed by atoms with Gasteiger partial charge in [-0.05, 0) is 34.1 Å². The minimum absolute atomic E-state index is 0.613. The number of hydrogen-bond donors (Lipinski definition) is 1. The highest BCUT2D eigenvalue weighted by atomic mass is 16.5. The summed E-state index contributed by atoms with van der Waals surface area (Å²) in [5, 5.41) is 3.92. The van der Waals surface area contributed by atoms with E-state index in [2.05, 4.69) is 24.0 Å². The quantitative estimate of drug-likeness (QED) is 0.623. The van der Waals surface area contributed by atoms with Crippen LogP contribution in [0.2, 0.25) is 0 Å². The first-order valence-electron chi connectivity index (χ1n) is 6.06. The zero-order valence-corrected chi connectivity index (χ0v) is 11.2. The molecule has 0 saturated heterocycles. The van der Waals surface area contributed by atoms with Gasteiger partial charge in [-0.1, -0.05) is 5.16 Å². The van der Waals surface area contributed by atoms with Crippen molar-refractivity contribution in [2.75, 3.05) is 19.6 Å². The van der Waals surface area contributed by atoms with Crippen molar-refractivity contribution in [3.05, 3.63) is 17.0 Å². The van der Waals surface area contributed by atoms with Crippen LogP contribution in [0.15, 0.2) is 9.52 Å². The van der Waals surface area contributed by atoms with Crippen LogP contribution in [-0.4, -0.2) is 35.7 Å². The molecule has 0 saturated carbocycles. The number of aliphatic imine (C=N–C) groups is 1. The minimum atomic E-state index is 0.613. The molecule has 0 spiro atoms. The van der Waals surface area contributed by atoms with Crippen molar-refractivity contribution in [3.8, 4) is 0 Å². The van der Waals surface area contributed by atoms with E-state index in [-0.39, 0.29) is 0 Å². The molecule has 5 heteroatoms. The molecule has 0 aromatic carbocycles. The Bertz CT molecular complexity index is 360. The molecule has 0 aliphatic heterocycles. The monoisotopic (exact) mass is 238 g/mol. The van der Waals surface area contributed by atoms with E-state index < -0.39 is 0 Å². The lowest BCUT2D eigenvalue weighted by molar-refractivity contribution is 0.392. The Hall–Kier alpha value is -1.52. The number of nitrogens with two attached hydrogens (primary N) is 1. The summed E-state index contributed by atoms with van der Waals surface area (Å²) < 4.78 is 5.10. The van der Waals surface area contributed by atoms with Gasteiger partial charge in [0.25, 0.3) is 0 Å². The summed E-state index contributed by atoms with van der Waals surface area (Å²) in [6, 6.07) is 0. The van der Waals surface area contributed by atoms with Gasteiger partial charge in [-0.15, -0.1) is 0 Å². The van der Waals surface area contributed by atoms with Crippen LogP contribution >= 0.6 is 0 Å². The second-order valence-corrected chi connectivity index (χ2v) is 3.96. The average Bonchev–Trinajstić information content (AvgIpc) is 2.62. The van der Waals surface area contributed by atoms with Crippen LogP contribution in [-0.2, 0) is 6.42 Å². The van der Waals surface area contributed by atoms with E-state index in [4.69, 9.17) is 10.3 Å². The van der Waals surface area contributed by atoms with Gasteiger partial charge in [0.05, 0.1) is 5.69 Å². The highest BCUT2D eigenvalue weighted by Gasteiger charge is 2.08. The summed E-state index contributed by atoms with van der Waals surface area (Å²) in [6.45, 7) is 10.5. The number of aryl methyl sites for hydroxylation is 2. The van der Waals surface area contributed by atoms with Crippen LogP contribution < -0.4 is 5.73 Å². The van der Waals surface area contributed by atoms with Crippen molar-refractivity contribution >= 4 is 5.96 Å². The second-order valence-electron chi connectivity index (χ2n) is 3.96. The van der Waals surface area contributed by atoms with Crippen LogP contribution in [0.1, 0.15) is 30.9 Å². The standard InChI is InChI=1S/C12H22N4O/c1-5-16(6-2)12(13)14-8-7-11-9(3)15-17-10(11)4/h5-8H2,1-4H3,(H2,13,14). The zero-order valence-electron chi connectivity index (χ0n) is 11.2. The van der Waals surface area contributed by atoms with E-state index in [1.54, 1.807) is 0 Å². The van der Waals surface area contributed by atoms with E-state index in [1.807, 2.05) is 18.7 Å². The third-order valence-corrected chi connectivity index (χ3v) is 2.90. The zero-order chi connectivity index (χ0) is 12.8. The van der Waals surface area contributed by atoms with Gasteiger partial charge in [-0.2, -0.15) is 0 Å². The summed E-state index contributed by atoms with van der Waals surface area (Å²) in [6.07, 6.45) is 0.823. The first-order valence-corrected chi connectivity index (χ1v) is 6.06. The van der Waals surface area contributed by atoms with E-state index >= 15 is 0 Å². The van der Waals surface area contributed by atoms with Crippen LogP contribution in [0, 0.1) is 13.8 Å². The van der Waals surface area contributed by atoms with Crippen molar-refractivity contribution in [2.24, 2.45) is 10.7 Å². The van der Waals surface area contributed by atoms with Crippen molar-refractivity contribution in [1.29, 1.82) is 0 Å². The maximum absolute atomic E-state index is 5.89. The molecule has 0 bridgehead atoms. The predicted octanol–water partition coefficient (Wildman–Crippen LogP) is 1.49. The van der Waals surface area contributed by atoms with Crippen molar-refractivity contribution < 1.29 is 4.52 Å². The molecule has 0 radical (unpaired) electrons. The van der Waals surface area contributed by atoms with Crippen LogP contribution in [0.5, 0.6) is 0 Å². The second kappa shape index (κ2) is 6.27. The highest BCUT2D eigenvalue weighted by molar-refractivity contribution is 5.77. The molecule has 0 aliphatic carbocycles. The molecular weight excluding hydrogens is 216 g/mol. The molecule has 96 valence electrons. The van der Waals surface area contributed by atoms with E-state index in [0.717, 1.165) is 36.5 Å². The lowest BCUT2D eigenvalue weighted by atomic mass is 10.1. The molecule has 0 unspecified atom stereocenters. The van der Waals surface area contributed by atoms with E-state index in [9.17, 15) is 0 Å². The van der Waals surface area contributed by atoms with Crippen LogP contribution in [0.3, 0.4) is 0 Å². The summed E-state index contributed by atoms with van der Waals surface area (Å²) in [5.74, 6) is 1.49. The topological polar surface area (TPSA) is 67.7 Å². The van der Waals surface area contributed by atoms with Gasteiger partial charge in [0.15, 0.2) is 5.96 Å². The molecule has 2 N–H and O–H groups in total. The Morgan fingerprint density at radius 3 is 2.47 bits per heavy atom. The van der Waals surface area contributed by atoms with Gasteiger partial charge in [0.1, 0.15) is 5.76 Å². The van der Waals surface area contributed by atoms with Gasteiger partial charge in [-0.3, -0.25) is 4.99 Å². The number of aromatic nitrogens is 1. The van der Waals surface area contributed by atoms with Crippen molar-refractivity contribution in [3.63, 3.8) is 0 Å². The fourth-order valence-corrected chi connectivity index (χ4v) is 1.79.